The molecule has 0 bridgehead atoms. The number of hydrogen-bond donors (Lipinski definition) is 1. The van der Waals surface area contributed by atoms with Crippen molar-refractivity contribution in [1.82, 2.24) is 4.90 Å². The van der Waals surface area contributed by atoms with Crippen molar-refractivity contribution in [2.45, 2.75) is 37.5 Å². The lowest BCUT2D eigenvalue weighted by Gasteiger charge is -2.23. The van der Waals surface area contributed by atoms with Gasteiger partial charge in [-0.25, -0.2) is 0 Å². The third kappa shape index (κ3) is 5.28. The second-order valence-corrected chi connectivity index (χ2v) is 9.01. The molecule has 3 rings (SSSR count). The van der Waals surface area contributed by atoms with E-state index in [0.717, 1.165) is 29.4 Å². The van der Waals surface area contributed by atoms with E-state index in [0.29, 0.717) is 23.0 Å². The standard InChI is InChI=1S/C24H29N3O3S/c1-5-16(2)18-10-6-8-12-20(18)27-15-17(14-22(27)28)23(29)25-19-11-7-9-13-21(19)31-24(30)26(3)4/h6-13,16-17H,5,14-15H2,1-4H3,(H,25,29). The number of carbonyl (C=O) groups is 3. The lowest BCUT2D eigenvalue weighted by molar-refractivity contribution is -0.122. The maximum Gasteiger partial charge on any atom is 0.286 e. The van der Waals surface area contributed by atoms with Crippen LogP contribution >= 0.6 is 11.8 Å². The van der Waals surface area contributed by atoms with Crippen molar-refractivity contribution in [2.75, 3.05) is 30.9 Å². The zero-order valence-electron chi connectivity index (χ0n) is 18.4. The van der Waals surface area contributed by atoms with Gasteiger partial charge in [0.2, 0.25) is 11.8 Å². The molecule has 0 saturated carbocycles. The molecule has 1 fully saturated rings. The molecule has 31 heavy (non-hydrogen) atoms. The largest absolute Gasteiger partial charge is 0.339 e. The quantitative estimate of drug-likeness (QED) is 0.646. The van der Waals surface area contributed by atoms with Gasteiger partial charge in [0, 0.05) is 37.6 Å². The fraction of sp³-hybridized carbons (Fsp3) is 0.375. The summed E-state index contributed by atoms with van der Waals surface area (Å²) in [5.74, 6) is -0.362. The third-order valence-corrected chi connectivity index (χ3v) is 6.69. The molecule has 0 aliphatic carbocycles. The van der Waals surface area contributed by atoms with Crippen LogP contribution in [0.15, 0.2) is 53.4 Å². The van der Waals surface area contributed by atoms with E-state index < -0.39 is 5.92 Å². The van der Waals surface area contributed by atoms with Crippen molar-refractivity contribution in [3.8, 4) is 0 Å². The molecule has 1 aliphatic rings. The minimum Gasteiger partial charge on any atom is -0.339 e. The second-order valence-electron chi connectivity index (χ2n) is 8.02. The highest BCUT2D eigenvalue weighted by atomic mass is 32.2. The van der Waals surface area contributed by atoms with Crippen LogP contribution in [0.3, 0.4) is 0 Å². The van der Waals surface area contributed by atoms with Crippen molar-refractivity contribution in [1.29, 1.82) is 0 Å². The summed E-state index contributed by atoms with van der Waals surface area (Å²) in [6.07, 6.45) is 1.15. The minimum absolute atomic E-state index is 0.0404. The molecule has 164 valence electrons. The number of thioether (sulfide) groups is 1. The number of rotatable bonds is 6. The first-order chi connectivity index (χ1) is 14.8. The van der Waals surface area contributed by atoms with Crippen molar-refractivity contribution < 1.29 is 14.4 Å². The van der Waals surface area contributed by atoms with E-state index in [-0.39, 0.29) is 23.5 Å². The van der Waals surface area contributed by atoms with Crippen molar-refractivity contribution in [3.63, 3.8) is 0 Å². The lowest BCUT2D eigenvalue weighted by atomic mass is 9.96. The highest BCUT2D eigenvalue weighted by molar-refractivity contribution is 8.13. The van der Waals surface area contributed by atoms with Crippen LogP contribution in [0.4, 0.5) is 16.2 Å². The molecule has 2 atom stereocenters. The van der Waals surface area contributed by atoms with Crippen LogP contribution in [0.2, 0.25) is 0 Å². The number of nitrogens with one attached hydrogen (secondary N) is 1. The fourth-order valence-corrected chi connectivity index (χ4v) is 4.31. The Morgan fingerprint density at radius 1 is 1.16 bits per heavy atom. The summed E-state index contributed by atoms with van der Waals surface area (Å²) in [7, 11) is 3.37. The van der Waals surface area contributed by atoms with Gasteiger partial charge in [0.1, 0.15) is 0 Å². The van der Waals surface area contributed by atoms with E-state index in [1.807, 2.05) is 30.3 Å². The Morgan fingerprint density at radius 2 is 1.84 bits per heavy atom. The zero-order valence-corrected chi connectivity index (χ0v) is 19.2. The number of nitrogens with zero attached hydrogens (tertiary/aromatic N) is 2. The van der Waals surface area contributed by atoms with Gasteiger partial charge in [-0.2, -0.15) is 0 Å². The average Bonchev–Trinajstić information content (AvgIpc) is 3.16. The van der Waals surface area contributed by atoms with Gasteiger partial charge in [0.05, 0.1) is 11.6 Å². The third-order valence-electron chi connectivity index (χ3n) is 5.57. The molecule has 2 aromatic carbocycles. The van der Waals surface area contributed by atoms with Crippen LogP contribution in [0, 0.1) is 5.92 Å². The topological polar surface area (TPSA) is 69.7 Å². The molecule has 3 amide bonds. The van der Waals surface area contributed by atoms with Crippen LogP contribution in [0.5, 0.6) is 0 Å². The molecular weight excluding hydrogens is 410 g/mol. The molecule has 2 aromatic rings. The molecule has 1 heterocycles. The van der Waals surface area contributed by atoms with Crippen LogP contribution < -0.4 is 10.2 Å². The molecule has 0 spiro atoms. The molecule has 0 radical (unpaired) electrons. The van der Waals surface area contributed by atoms with Gasteiger partial charge in [-0.1, -0.05) is 44.2 Å². The lowest BCUT2D eigenvalue weighted by Crippen LogP contribution is -2.29. The van der Waals surface area contributed by atoms with Crippen LogP contribution in [-0.4, -0.2) is 42.6 Å². The number of anilines is 2. The van der Waals surface area contributed by atoms with Gasteiger partial charge < -0.3 is 15.1 Å². The summed E-state index contributed by atoms with van der Waals surface area (Å²) in [5.41, 5.74) is 2.60. The Kier molecular flexibility index (Phi) is 7.38. The van der Waals surface area contributed by atoms with Gasteiger partial charge in [-0.15, -0.1) is 0 Å². The molecule has 6 nitrogen and oxygen atoms in total. The van der Waals surface area contributed by atoms with E-state index in [1.165, 1.54) is 4.90 Å². The van der Waals surface area contributed by atoms with E-state index >= 15 is 0 Å². The molecule has 7 heteroatoms. The minimum atomic E-state index is -0.444. The molecule has 0 aromatic heterocycles. The normalized spacial score (nSPS) is 16.8. The van der Waals surface area contributed by atoms with Gasteiger partial charge in [-0.3, -0.25) is 14.4 Å². The van der Waals surface area contributed by atoms with Gasteiger partial charge in [0.25, 0.3) is 5.24 Å². The maximum atomic E-state index is 13.0. The number of carbonyl (C=O) groups excluding carboxylic acids is 3. The van der Waals surface area contributed by atoms with E-state index in [1.54, 1.807) is 31.1 Å². The molecule has 2 unspecified atom stereocenters. The van der Waals surface area contributed by atoms with Gasteiger partial charge >= 0.3 is 0 Å². The first-order valence-electron chi connectivity index (χ1n) is 10.5. The zero-order chi connectivity index (χ0) is 22.5. The smallest absolute Gasteiger partial charge is 0.286 e. The number of benzene rings is 2. The number of hydrogen-bond acceptors (Lipinski definition) is 4. The summed E-state index contributed by atoms with van der Waals surface area (Å²) >= 11 is 1.06. The first kappa shape index (κ1) is 22.9. The molecule has 1 saturated heterocycles. The molecular formula is C24H29N3O3S. The van der Waals surface area contributed by atoms with Crippen LogP contribution in [0.1, 0.15) is 38.2 Å². The number of para-hydroxylation sites is 2. The fourth-order valence-electron chi connectivity index (χ4n) is 3.57. The summed E-state index contributed by atoms with van der Waals surface area (Å²) in [6, 6.07) is 15.1. The van der Waals surface area contributed by atoms with E-state index in [4.69, 9.17) is 0 Å². The van der Waals surface area contributed by atoms with Crippen molar-refractivity contribution in [2.24, 2.45) is 5.92 Å². The Morgan fingerprint density at radius 3 is 2.55 bits per heavy atom. The summed E-state index contributed by atoms with van der Waals surface area (Å²) in [4.78, 5) is 41.8. The highest BCUT2D eigenvalue weighted by Crippen LogP contribution is 2.34. The number of amides is 3. The van der Waals surface area contributed by atoms with Crippen LogP contribution in [0.25, 0.3) is 0 Å². The summed E-state index contributed by atoms with van der Waals surface area (Å²) in [5, 5.41) is 2.81. The highest BCUT2D eigenvalue weighted by Gasteiger charge is 2.36. The van der Waals surface area contributed by atoms with Gasteiger partial charge in [0.15, 0.2) is 0 Å². The predicted molar refractivity (Wildman–Crippen MR) is 126 cm³/mol. The summed E-state index contributed by atoms with van der Waals surface area (Å²) < 4.78 is 0. The van der Waals surface area contributed by atoms with Gasteiger partial charge in [-0.05, 0) is 47.9 Å². The monoisotopic (exact) mass is 439 g/mol. The Hall–Kier alpha value is -2.80. The Labute approximate surface area is 188 Å². The van der Waals surface area contributed by atoms with Crippen molar-refractivity contribution >= 4 is 40.2 Å². The molecule has 1 aliphatic heterocycles. The second kappa shape index (κ2) is 10.0. The maximum absolute atomic E-state index is 13.0. The Bertz CT molecular complexity index is 976. The van der Waals surface area contributed by atoms with Crippen LogP contribution in [-0.2, 0) is 9.59 Å². The molecule has 1 N–H and O–H groups in total. The predicted octanol–water partition coefficient (Wildman–Crippen LogP) is 4.97. The van der Waals surface area contributed by atoms with Crippen molar-refractivity contribution in [3.05, 3.63) is 54.1 Å². The van der Waals surface area contributed by atoms with E-state index in [2.05, 4.69) is 25.2 Å². The SMILES string of the molecule is CCC(C)c1ccccc1N1CC(C(=O)Nc2ccccc2SC(=O)N(C)C)CC1=O. The summed E-state index contributed by atoms with van der Waals surface area (Å²) in [6.45, 7) is 4.62. The van der Waals surface area contributed by atoms with E-state index in [9.17, 15) is 14.4 Å². The Balaban J connectivity index is 1.75. The first-order valence-corrected chi connectivity index (χ1v) is 11.3. The average molecular weight is 440 g/mol.